The summed E-state index contributed by atoms with van der Waals surface area (Å²) in [5.74, 6) is -1.92. The van der Waals surface area contributed by atoms with Gasteiger partial charge >= 0.3 is 11.9 Å². The van der Waals surface area contributed by atoms with Gasteiger partial charge in [-0.2, -0.15) is 0 Å². The highest BCUT2D eigenvalue weighted by atomic mass is 16.6. The highest BCUT2D eigenvalue weighted by Gasteiger charge is 2.22. The van der Waals surface area contributed by atoms with Gasteiger partial charge in [-0.3, -0.25) is 4.79 Å². The van der Waals surface area contributed by atoms with Crippen molar-refractivity contribution >= 4 is 17.7 Å². The Bertz CT molecular complexity index is 509. The van der Waals surface area contributed by atoms with Gasteiger partial charge in [0.2, 0.25) is 0 Å². The predicted molar refractivity (Wildman–Crippen MR) is 82.8 cm³/mol. The lowest BCUT2D eigenvalue weighted by Crippen LogP contribution is -2.20. The van der Waals surface area contributed by atoms with Gasteiger partial charge in [-0.1, -0.05) is 30.3 Å². The van der Waals surface area contributed by atoms with Crippen LogP contribution in [0.15, 0.2) is 30.3 Å². The molecule has 0 fully saturated rings. The van der Waals surface area contributed by atoms with E-state index in [1.165, 1.54) is 14.0 Å². The highest BCUT2D eigenvalue weighted by molar-refractivity contribution is 5.77. The van der Waals surface area contributed by atoms with Crippen LogP contribution in [-0.4, -0.2) is 36.5 Å². The number of Topliss-reactive ketones (excluding diaryl/α,β-unsaturated/α-hetero) is 1. The number of rotatable bonds is 10. The molecule has 0 saturated carbocycles. The van der Waals surface area contributed by atoms with Crippen molar-refractivity contribution in [1.82, 2.24) is 0 Å². The van der Waals surface area contributed by atoms with Crippen LogP contribution in [-0.2, 0) is 23.9 Å². The van der Waals surface area contributed by atoms with Crippen molar-refractivity contribution in [2.24, 2.45) is 5.92 Å². The maximum Gasteiger partial charge on any atom is 0.339 e. The second-order valence-corrected chi connectivity index (χ2v) is 5.35. The van der Waals surface area contributed by atoms with Crippen molar-refractivity contribution in [3.05, 3.63) is 35.9 Å². The zero-order valence-corrected chi connectivity index (χ0v) is 13.4. The quantitative estimate of drug-likeness (QED) is 0.665. The fraction of sp³-hybridized carbons (Fsp3) is 0.471. The average molecular weight is 322 g/mol. The van der Waals surface area contributed by atoms with E-state index in [9.17, 15) is 14.4 Å². The Morgan fingerprint density at radius 2 is 1.78 bits per heavy atom. The van der Waals surface area contributed by atoms with E-state index in [0.717, 1.165) is 0 Å². The van der Waals surface area contributed by atoms with Crippen LogP contribution in [0, 0.1) is 5.92 Å². The lowest BCUT2D eigenvalue weighted by atomic mass is 9.96. The van der Waals surface area contributed by atoms with Gasteiger partial charge in [0.25, 0.3) is 0 Å². The summed E-state index contributed by atoms with van der Waals surface area (Å²) in [4.78, 5) is 34.0. The first-order valence-corrected chi connectivity index (χ1v) is 7.39. The van der Waals surface area contributed by atoms with Crippen molar-refractivity contribution in [1.29, 1.82) is 0 Å². The summed E-state index contributed by atoms with van der Waals surface area (Å²) in [6.07, 6.45) is -0.454. The molecule has 0 aliphatic carbocycles. The first-order valence-electron chi connectivity index (χ1n) is 7.39. The van der Waals surface area contributed by atoms with E-state index in [4.69, 9.17) is 14.6 Å². The number of hydrogen-bond acceptors (Lipinski definition) is 5. The van der Waals surface area contributed by atoms with Crippen LogP contribution in [0.1, 0.15) is 37.9 Å². The van der Waals surface area contributed by atoms with Crippen LogP contribution >= 0.6 is 0 Å². The molecule has 1 N–H and O–H groups in total. The molecule has 0 heterocycles. The molecule has 0 spiro atoms. The largest absolute Gasteiger partial charge is 0.481 e. The summed E-state index contributed by atoms with van der Waals surface area (Å²) in [6.45, 7) is 1.47. The molecule has 2 atom stereocenters. The van der Waals surface area contributed by atoms with E-state index < -0.39 is 18.0 Å². The fourth-order valence-electron chi connectivity index (χ4n) is 2.33. The van der Waals surface area contributed by atoms with E-state index in [0.29, 0.717) is 12.0 Å². The van der Waals surface area contributed by atoms with Gasteiger partial charge in [0, 0.05) is 20.0 Å². The van der Waals surface area contributed by atoms with E-state index in [-0.39, 0.29) is 31.1 Å². The van der Waals surface area contributed by atoms with Crippen LogP contribution in [0.25, 0.3) is 0 Å². The molecule has 6 nitrogen and oxygen atoms in total. The maximum atomic E-state index is 12.1. The molecule has 1 aromatic carbocycles. The molecule has 0 saturated heterocycles. The smallest absolute Gasteiger partial charge is 0.339 e. The minimum Gasteiger partial charge on any atom is -0.481 e. The monoisotopic (exact) mass is 322 g/mol. The van der Waals surface area contributed by atoms with Gasteiger partial charge in [0.05, 0.1) is 6.61 Å². The SMILES string of the molecule is COC(C(=O)OCCC(CC(C)=O)CC(=O)O)c1ccccc1. The van der Waals surface area contributed by atoms with Gasteiger partial charge in [-0.15, -0.1) is 0 Å². The zero-order chi connectivity index (χ0) is 17.2. The minimum absolute atomic E-state index is 0.0523. The molecular weight excluding hydrogens is 300 g/mol. The Labute approximate surface area is 135 Å². The van der Waals surface area contributed by atoms with Gasteiger partial charge in [0.15, 0.2) is 6.10 Å². The zero-order valence-electron chi connectivity index (χ0n) is 13.4. The number of esters is 1. The standard InChI is InChI=1S/C17H22O6/c1-12(18)10-13(11-15(19)20)8-9-23-17(21)16(22-2)14-6-4-3-5-7-14/h3-7,13,16H,8-11H2,1-2H3,(H,19,20). The Kier molecular flexibility index (Phi) is 7.97. The number of hydrogen-bond donors (Lipinski definition) is 1. The third kappa shape index (κ3) is 7.06. The fourth-order valence-corrected chi connectivity index (χ4v) is 2.33. The molecule has 0 aliphatic heterocycles. The Hall–Kier alpha value is -2.21. The third-order valence-corrected chi connectivity index (χ3v) is 3.36. The van der Waals surface area contributed by atoms with Crippen LogP contribution < -0.4 is 0 Å². The van der Waals surface area contributed by atoms with Crippen molar-refractivity contribution in [3.8, 4) is 0 Å². The maximum absolute atomic E-state index is 12.1. The number of carboxylic acids is 1. The molecule has 126 valence electrons. The van der Waals surface area contributed by atoms with Crippen molar-refractivity contribution in [2.45, 2.75) is 32.3 Å². The predicted octanol–water partition coefficient (Wildman–Crippen LogP) is 2.38. The average Bonchev–Trinajstić information content (AvgIpc) is 2.47. The molecule has 0 bridgehead atoms. The molecule has 1 rings (SSSR count). The number of ketones is 1. The number of ether oxygens (including phenoxy) is 2. The van der Waals surface area contributed by atoms with Crippen molar-refractivity contribution < 1.29 is 29.0 Å². The van der Waals surface area contributed by atoms with Crippen molar-refractivity contribution in [2.75, 3.05) is 13.7 Å². The van der Waals surface area contributed by atoms with E-state index in [2.05, 4.69) is 0 Å². The summed E-state index contributed by atoms with van der Waals surface area (Å²) in [5, 5.41) is 8.84. The van der Waals surface area contributed by atoms with Gasteiger partial charge in [-0.05, 0) is 24.8 Å². The van der Waals surface area contributed by atoms with Crippen LogP contribution in [0.2, 0.25) is 0 Å². The van der Waals surface area contributed by atoms with Gasteiger partial charge in [0.1, 0.15) is 5.78 Å². The van der Waals surface area contributed by atoms with Crippen LogP contribution in [0.5, 0.6) is 0 Å². The molecular formula is C17H22O6. The van der Waals surface area contributed by atoms with Gasteiger partial charge in [-0.25, -0.2) is 4.79 Å². The molecule has 0 aliphatic rings. The topological polar surface area (TPSA) is 89.9 Å². The normalized spacial score (nSPS) is 13.1. The Morgan fingerprint density at radius 1 is 1.13 bits per heavy atom. The number of carbonyl (C=O) groups is 3. The number of carbonyl (C=O) groups excluding carboxylic acids is 2. The molecule has 2 unspecified atom stereocenters. The van der Waals surface area contributed by atoms with Crippen LogP contribution in [0.4, 0.5) is 0 Å². The summed E-state index contributed by atoms with van der Waals surface area (Å²) in [5.41, 5.74) is 0.686. The summed E-state index contributed by atoms with van der Waals surface area (Å²) >= 11 is 0. The molecule has 6 heteroatoms. The first-order chi connectivity index (χ1) is 10.9. The highest BCUT2D eigenvalue weighted by Crippen LogP contribution is 2.19. The number of methoxy groups -OCH3 is 1. The Balaban J connectivity index is 2.52. The summed E-state index contributed by atoms with van der Waals surface area (Å²) in [7, 11) is 1.42. The molecule has 0 amide bonds. The van der Waals surface area contributed by atoms with E-state index >= 15 is 0 Å². The number of aliphatic carboxylic acids is 1. The second kappa shape index (κ2) is 9.74. The number of carboxylic acid groups (broad SMARTS) is 1. The van der Waals surface area contributed by atoms with E-state index in [1.54, 1.807) is 24.3 Å². The molecule has 23 heavy (non-hydrogen) atoms. The molecule has 1 aromatic rings. The summed E-state index contributed by atoms with van der Waals surface area (Å²) in [6, 6.07) is 8.95. The third-order valence-electron chi connectivity index (χ3n) is 3.36. The number of benzene rings is 1. The Morgan fingerprint density at radius 3 is 2.30 bits per heavy atom. The van der Waals surface area contributed by atoms with Crippen molar-refractivity contribution in [3.63, 3.8) is 0 Å². The first kappa shape index (κ1) is 18.8. The lowest BCUT2D eigenvalue weighted by Gasteiger charge is -2.17. The summed E-state index contributed by atoms with van der Waals surface area (Å²) < 4.78 is 10.3. The van der Waals surface area contributed by atoms with Gasteiger partial charge < -0.3 is 19.4 Å². The van der Waals surface area contributed by atoms with E-state index in [1.807, 2.05) is 6.07 Å². The molecule has 0 radical (unpaired) electrons. The second-order valence-electron chi connectivity index (χ2n) is 5.35. The van der Waals surface area contributed by atoms with Crippen LogP contribution in [0.3, 0.4) is 0 Å². The minimum atomic E-state index is -0.971. The molecule has 0 aromatic heterocycles. The lowest BCUT2D eigenvalue weighted by molar-refractivity contribution is -0.156.